The van der Waals surface area contributed by atoms with Gasteiger partial charge in [0.15, 0.2) is 0 Å². The van der Waals surface area contributed by atoms with Gasteiger partial charge < -0.3 is 14.4 Å². The van der Waals surface area contributed by atoms with Gasteiger partial charge in [0.2, 0.25) is 0 Å². The van der Waals surface area contributed by atoms with Crippen LogP contribution >= 0.6 is 0 Å². The molecule has 0 bridgehead atoms. The van der Waals surface area contributed by atoms with Crippen molar-refractivity contribution in [2.45, 2.75) is 64.9 Å². The van der Waals surface area contributed by atoms with Gasteiger partial charge in [-0.2, -0.15) is 0 Å². The van der Waals surface area contributed by atoms with Gasteiger partial charge in [-0.05, 0) is 62.1 Å². The molecule has 0 radical (unpaired) electrons. The molecule has 2 heterocycles. The molecule has 2 aromatic carbocycles. The van der Waals surface area contributed by atoms with Crippen LogP contribution in [0.5, 0.6) is 5.75 Å². The minimum absolute atomic E-state index is 0.256. The monoisotopic (exact) mass is 409 g/mol. The number of phenolic OH excluding ortho intramolecular Hbond substituents is 1. The Hall–Kier alpha value is -2.33. The van der Waals surface area contributed by atoms with Crippen LogP contribution in [0.25, 0.3) is 16.6 Å². The van der Waals surface area contributed by atoms with E-state index in [9.17, 15) is 9.50 Å². The molecule has 0 saturated carbocycles. The summed E-state index contributed by atoms with van der Waals surface area (Å²) in [6, 6.07) is 12.2. The highest BCUT2D eigenvalue weighted by atomic mass is 19.1. The Bertz CT molecular complexity index is 1060. The molecule has 0 fully saturated rings. The van der Waals surface area contributed by atoms with Crippen LogP contribution in [0.4, 0.5) is 4.39 Å². The quantitative estimate of drug-likeness (QED) is 0.501. The SMILES string of the molecule is CC(C)CCCC1(C)OCC(C)(C)c2c1c1c(O)cccc1n2-c1ccc(F)cc1. The molecule has 3 nitrogen and oxygen atoms in total. The van der Waals surface area contributed by atoms with Crippen molar-refractivity contribution in [3.05, 3.63) is 59.5 Å². The lowest BCUT2D eigenvalue weighted by molar-refractivity contribution is -0.0786. The first-order valence-corrected chi connectivity index (χ1v) is 10.9. The average molecular weight is 410 g/mol. The van der Waals surface area contributed by atoms with Crippen LogP contribution in [0.2, 0.25) is 0 Å². The van der Waals surface area contributed by atoms with Gasteiger partial charge in [0.05, 0.1) is 17.7 Å². The van der Waals surface area contributed by atoms with E-state index in [1.165, 1.54) is 12.1 Å². The fourth-order valence-corrected chi connectivity index (χ4v) is 4.86. The number of fused-ring (bicyclic) bond motifs is 3. The number of rotatable bonds is 5. The van der Waals surface area contributed by atoms with Gasteiger partial charge >= 0.3 is 0 Å². The Labute approximate surface area is 178 Å². The van der Waals surface area contributed by atoms with Gasteiger partial charge in [-0.15, -0.1) is 0 Å². The molecule has 30 heavy (non-hydrogen) atoms. The van der Waals surface area contributed by atoms with Crippen molar-refractivity contribution in [3.63, 3.8) is 0 Å². The van der Waals surface area contributed by atoms with Crippen LogP contribution in [0, 0.1) is 11.7 Å². The molecule has 1 N–H and O–H groups in total. The summed E-state index contributed by atoms with van der Waals surface area (Å²) in [6.45, 7) is 11.6. The van der Waals surface area contributed by atoms with E-state index in [1.54, 1.807) is 18.2 Å². The third-order valence-corrected chi connectivity index (χ3v) is 6.41. The smallest absolute Gasteiger partial charge is 0.125 e. The molecule has 160 valence electrons. The van der Waals surface area contributed by atoms with Gasteiger partial charge in [0.1, 0.15) is 11.6 Å². The Kier molecular flexibility index (Phi) is 5.17. The predicted molar refractivity (Wildman–Crippen MR) is 120 cm³/mol. The molecule has 1 aliphatic rings. The van der Waals surface area contributed by atoms with Crippen molar-refractivity contribution in [2.24, 2.45) is 5.92 Å². The van der Waals surface area contributed by atoms with E-state index in [-0.39, 0.29) is 17.0 Å². The summed E-state index contributed by atoms with van der Waals surface area (Å²) in [5, 5.41) is 11.8. The molecule has 0 spiro atoms. The predicted octanol–water partition coefficient (Wildman–Crippen LogP) is 6.82. The van der Waals surface area contributed by atoms with E-state index >= 15 is 0 Å². The fraction of sp³-hybridized carbons (Fsp3) is 0.462. The van der Waals surface area contributed by atoms with E-state index in [0.717, 1.165) is 47.1 Å². The Morgan fingerprint density at radius 3 is 2.47 bits per heavy atom. The summed E-state index contributed by atoms with van der Waals surface area (Å²) in [7, 11) is 0. The molecule has 3 aromatic rings. The van der Waals surface area contributed by atoms with Gasteiger partial charge in [0.25, 0.3) is 0 Å². The number of aromatic hydroxyl groups is 1. The van der Waals surface area contributed by atoms with Crippen LogP contribution in [0.3, 0.4) is 0 Å². The van der Waals surface area contributed by atoms with Gasteiger partial charge in [-0.25, -0.2) is 4.39 Å². The zero-order valence-corrected chi connectivity index (χ0v) is 18.6. The van der Waals surface area contributed by atoms with E-state index < -0.39 is 5.60 Å². The number of phenols is 1. The fourth-order valence-electron chi connectivity index (χ4n) is 4.86. The molecule has 4 rings (SSSR count). The Morgan fingerprint density at radius 2 is 1.80 bits per heavy atom. The third-order valence-electron chi connectivity index (χ3n) is 6.41. The van der Waals surface area contributed by atoms with Crippen molar-refractivity contribution >= 4 is 10.9 Å². The number of hydrogen-bond acceptors (Lipinski definition) is 2. The molecule has 4 heteroatoms. The molecule has 1 aromatic heterocycles. The van der Waals surface area contributed by atoms with Crippen LogP contribution in [-0.2, 0) is 15.8 Å². The maximum atomic E-state index is 13.7. The number of hydrogen-bond donors (Lipinski definition) is 1. The minimum Gasteiger partial charge on any atom is -0.507 e. The zero-order chi connectivity index (χ0) is 21.7. The number of benzene rings is 2. The summed E-state index contributed by atoms with van der Waals surface area (Å²) >= 11 is 0. The van der Waals surface area contributed by atoms with E-state index in [4.69, 9.17) is 4.74 Å². The second-order valence-electron chi connectivity index (χ2n) is 9.90. The van der Waals surface area contributed by atoms with Gasteiger partial charge in [-0.3, -0.25) is 0 Å². The van der Waals surface area contributed by atoms with Crippen molar-refractivity contribution < 1.29 is 14.2 Å². The van der Waals surface area contributed by atoms with E-state index in [1.807, 2.05) is 12.1 Å². The lowest BCUT2D eigenvalue weighted by Gasteiger charge is -2.43. The average Bonchev–Trinajstić information content (AvgIpc) is 3.05. The van der Waals surface area contributed by atoms with E-state index in [0.29, 0.717) is 12.5 Å². The third kappa shape index (κ3) is 3.41. The first-order valence-electron chi connectivity index (χ1n) is 10.9. The number of aromatic nitrogens is 1. The topological polar surface area (TPSA) is 34.4 Å². The van der Waals surface area contributed by atoms with E-state index in [2.05, 4.69) is 39.2 Å². The normalized spacial score (nSPS) is 20.6. The highest BCUT2D eigenvalue weighted by Crippen LogP contribution is 2.51. The van der Waals surface area contributed by atoms with Crippen molar-refractivity contribution in [1.29, 1.82) is 0 Å². The van der Waals surface area contributed by atoms with Crippen LogP contribution in [0.1, 0.15) is 65.1 Å². The first kappa shape index (κ1) is 20.9. The summed E-state index contributed by atoms with van der Waals surface area (Å²) in [6.07, 6.45) is 3.09. The Morgan fingerprint density at radius 1 is 1.10 bits per heavy atom. The molecule has 0 saturated heterocycles. The number of ether oxygens (including phenoxy) is 1. The van der Waals surface area contributed by atoms with Gasteiger partial charge in [-0.1, -0.05) is 40.2 Å². The first-order chi connectivity index (χ1) is 14.1. The standard InChI is InChI=1S/C26H32FNO2/c1-17(2)8-7-15-26(5)23-22-20(9-6-10-21(22)29)28(19-13-11-18(27)12-14-19)24(23)25(3,4)16-30-26/h6,9-14,17,29H,7-8,15-16H2,1-5H3. The summed E-state index contributed by atoms with van der Waals surface area (Å²) < 4.78 is 22.4. The van der Waals surface area contributed by atoms with Crippen LogP contribution < -0.4 is 0 Å². The van der Waals surface area contributed by atoms with Crippen LogP contribution in [0.15, 0.2) is 42.5 Å². The highest BCUT2D eigenvalue weighted by Gasteiger charge is 2.45. The van der Waals surface area contributed by atoms with Crippen molar-refractivity contribution in [1.82, 2.24) is 4.57 Å². The minimum atomic E-state index is -0.484. The Balaban J connectivity index is 2.01. The second-order valence-corrected chi connectivity index (χ2v) is 9.90. The summed E-state index contributed by atoms with van der Waals surface area (Å²) in [5.74, 6) is 0.649. The number of nitrogens with zero attached hydrogens (tertiary/aromatic N) is 1. The highest BCUT2D eigenvalue weighted by molar-refractivity contribution is 5.94. The second kappa shape index (κ2) is 7.42. The molecule has 0 aliphatic carbocycles. The van der Waals surface area contributed by atoms with Crippen LogP contribution in [-0.4, -0.2) is 16.3 Å². The summed E-state index contributed by atoms with van der Waals surface area (Å²) in [5.41, 5.74) is 3.30. The molecule has 1 unspecified atom stereocenters. The van der Waals surface area contributed by atoms with Gasteiger partial charge in [0, 0.05) is 27.7 Å². The van der Waals surface area contributed by atoms with Crippen molar-refractivity contribution in [2.75, 3.05) is 6.61 Å². The zero-order valence-electron chi connectivity index (χ0n) is 18.6. The largest absolute Gasteiger partial charge is 0.507 e. The maximum absolute atomic E-state index is 13.7. The van der Waals surface area contributed by atoms with Crippen molar-refractivity contribution in [3.8, 4) is 11.4 Å². The lowest BCUT2D eigenvalue weighted by atomic mass is 9.76. The molecular formula is C26H32FNO2. The summed E-state index contributed by atoms with van der Waals surface area (Å²) in [4.78, 5) is 0. The lowest BCUT2D eigenvalue weighted by Crippen LogP contribution is -2.42. The number of halogens is 1. The molecular weight excluding hydrogens is 377 g/mol. The molecule has 0 amide bonds. The molecule has 1 aliphatic heterocycles. The molecule has 1 atom stereocenters. The maximum Gasteiger partial charge on any atom is 0.125 e.